The highest BCUT2D eigenvalue weighted by atomic mass is 32.2. The summed E-state index contributed by atoms with van der Waals surface area (Å²) in [7, 11) is 0.713. The third kappa shape index (κ3) is 4.01. The molecule has 4 aromatic carbocycles. The van der Waals surface area contributed by atoms with E-state index in [1.54, 1.807) is 51.7 Å². The first kappa shape index (κ1) is 26.2. The molecule has 40 heavy (non-hydrogen) atoms. The molecule has 2 atom stereocenters. The molecule has 0 fully saturated rings. The standard InChI is InChI=1S/C32H31NO6S/c1-20-10-12-23(13-11-20)40(35,36)33-19-32(34)18-22-14-29(38-3)30(39-4)16-25(22)31(32)26-15-24(21-8-6-5-7-9-21)28(37-2)17-27(26)33/h5-17,31,34H,18-19H2,1-4H3/t31-,32-/m1/s1. The Bertz CT molecular complexity index is 1700. The van der Waals surface area contributed by atoms with Crippen LogP contribution in [0.15, 0.2) is 83.8 Å². The zero-order valence-corrected chi connectivity index (χ0v) is 23.7. The topological polar surface area (TPSA) is 85.3 Å². The fraction of sp³-hybridized carbons (Fsp3) is 0.250. The van der Waals surface area contributed by atoms with Gasteiger partial charge in [-0.25, -0.2) is 8.42 Å². The number of fused-ring (bicyclic) bond motifs is 5. The second-order valence-corrected chi connectivity index (χ2v) is 12.3. The van der Waals surface area contributed by atoms with E-state index in [4.69, 9.17) is 14.2 Å². The summed E-state index contributed by atoms with van der Waals surface area (Å²) >= 11 is 0. The van der Waals surface area contributed by atoms with E-state index in [9.17, 15) is 13.5 Å². The summed E-state index contributed by atoms with van der Waals surface area (Å²) in [5, 5.41) is 12.3. The van der Waals surface area contributed by atoms with Crippen molar-refractivity contribution in [3.63, 3.8) is 0 Å². The van der Waals surface area contributed by atoms with Gasteiger partial charge < -0.3 is 19.3 Å². The van der Waals surface area contributed by atoms with E-state index >= 15 is 0 Å². The van der Waals surface area contributed by atoms with E-state index in [0.29, 0.717) is 28.5 Å². The van der Waals surface area contributed by atoms with E-state index in [-0.39, 0.29) is 17.9 Å². The maximum Gasteiger partial charge on any atom is 0.264 e. The van der Waals surface area contributed by atoms with Crippen molar-refractivity contribution in [1.29, 1.82) is 0 Å². The van der Waals surface area contributed by atoms with Crippen LogP contribution in [0.3, 0.4) is 0 Å². The van der Waals surface area contributed by atoms with Gasteiger partial charge in [-0.1, -0.05) is 48.0 Å². The number of hydrogen-bond acceptors (Lipinski definition) is 6. The molecule has 1 N–H and O–H groups in total. The Hall–Kier alpha value is -4.01. The second-order valence-electron chi connectivity index (χ2n) is 10.4. The first-order valence-electron chi connectivity index (χ1n) is 13.0. The Morgan fingerprint density at radius 3 is 2.12 bits per heavy atom. The number of benzene rings is 4. The van der Waals surface area contributed by atoms with E-state index in [0.717, 1.165) is 27.8 Å². The molecule has 0 aromatic heterocycles. The number of aryl methyl sites for hydroxylation is 1. The minimum Gasteiger partial charge on any atom is -0.496 e. The van der Waals surface area contributed by atoms with Gasteiger partial charge in [-0.15, -0.1) is 0 Å². The van der Waals surface area contributed by atoms with Crippen molar-refractivity contribution in [1.82, 2.24) is 0 Å². The molecule has 1 aliphatic heterocycles. The molecular weight excluding hydrogens is 526 g/mol. The molecule has 0 saturated carbocycles. The maximum atomic E-state index is 14.2. The SMILES string of the molecule is COc1cc2c(cc1OC)[C@@H]1c3cc(-c4ccccc4)c(OC)cc3N(S(=O)(=O)c3ccc(C)cc3)C[C@]1(O)C2. The van der Waals surface area contributed by atoms with Crippen LogP contribution < -0.4 is 18.5 Å². The largest absolute Gasteiger partial charge is 0.496 e. The molecule has 6 rings (SSSR count). The summed E-state index contributed by atoms with van der Waals surface area (Å²) in [6.07, 6.45) is 0.263. The monoisotopic (exact) mass is 557 g/mol. The van der Waals surface area contributed by atoms with E-state index < -0.39 is 21.5 Å². The highest BCUT2D eigenvalue weighted by molar-refractivity contribution is 7.92. The molecule has 7 nitrogen and oxygen atoms in total. The van der Waals surface area contributed by atoms with E-state index in [1.807, 2.05) is 55.5 Å². The molecule has 2 aliphatic rings. The van der Waals surface area contributed by atoms with Crippen molar-refractivity contribution >= 4 is 15.7 Å². The van der Waals surface area contributed by atoms with Gasteiger partial charge in [0, 0.05) is 24.0 Å². The van der Waals surface area contributed by atoms with Crippen LogP contribution in [-0.2, 0) is 16.4 Å². The van der Waals surface area contributed by atoms with Gasteiger partial charge in [-0.2, -0.15) is 0 Å². The van der Waals surface area contributed by atoms with Gasteiger partial charge in [0.25, 0.3) is 10.0 Å². The number of rotatable bonds is 6. The molecule has 0 radical (unpaired) electrons. The lowest BCUT2D eigenvalue weighted by molar-refractivity contribution is 0.0415. The van der Waals surface area contributed by atoms with Crippen molar-refractivity contribution < 1.29 is 27.7 Å². The van der Waals surface area contributed by atoms with Crippen molar-refractivity contribution in [2.45, 2.75) is 29.8 Å². The second kappa shape index (κ2) is 9.57. The van der Waals surface area contributed by atoms with Crippen LogP contribution in [0.4, 0.5) is 5.69 Å². The van der Waals surface area contributed by atoms with Gasteiger partial charge in [0.1, 0.15) is 5.75 Å². The highest BCUT2D eigenvalue weighted by Crippen LogP contribution is 2.56. The van der Waals surface area contributed by atoms with Gasteiger partial charge in [0.2, 0.25) is 0 Å². The fourth-order valence-electron chi connectivity index (χ4n) is 6.12. The molecule has 1 aliphatic carbocycles. The molecule has 0 amide bonds. The summed E-state index contributed by atoms with van der Waals surface area (Å²) in [4.78, 5) is 0.163. The minimum atomic E-state index is -4.02. The molecule has 0 unspecified atom stereocenters. The number of ether oxygens (including phenoxy) is 3. The Balaban J connectivity index is 1.62. The van der Waals surface area contributed by atoms with Gasteiger partial charge in [-0.3, -0.25) is 4.31 Å². The van der Waals surface area contributed by atoms with Crippen LogP contribution in [0, 0.1) is 6.92 Å². The van der Waals surface area contributed by atoms with Gasteiger partial charge >= 0.3 is 0 Å². The van der Waals surface area contributed by atoms with Crippen LogP contribution in [0.1, 0.15) is 28.2 Å². The Morgan fingerprint density at radius 1 is 0.825 bits per heavy atom. The van der Waals surface area contributed by atoms with Crippen LogP contribution in [-0.4, -0.2) is 47.0 Å². The van der Waals surface area contributed by atoms with Crippen LogP contribution in [0.25, 0.3) is 11.1 Å². The number of anilines is 1. The predicted molar refractivity (Wildman–Crippen MR) is 154 cm³/mol. The normalized spacial score (nSPS) is 19.4. The van der Waals surface area contributed by atoms with Crippen molar-refractivity contribution in [2.24, 2.45) is 0 Å². The Morgan fingerprint density at radius 2 is 1.48 bits per heavy atom. The molecule has 1 heterocycles. The summed E-state index contributed by atoms with van der Waals surface area (Å²) in [6.45, 7) is 1.79. The smallest absolute Gasteiger partial charge is 0.264 e. The summed E-state index contributed by atoms with van der Waals surface area (Å²) in [6, 6.07) is 24.1. The number of aliphatic hydroxyl groups is 1. The molecule has 0 saturated heterocycles. The highest BCUT2D eigenvalue weighted by Gasteiger charge is 2.53. The van der Waals surface area contributed by atoms with Crippen molar-refractivity contribution in [2.75, 3.05) is 32.2 Å². The predicted octanol–water partition coefficient (Wildman–Crippen LogP) is 5.32. The van der Waals surface area contributed by atoms with Gasteiger partial charge in [0.05, 0.1) is 44.1 Å². The third-order valence-corrected chi connectivity index (χ3v) is 9.80. The number of nitrogens with zero attached hydrogens (tertiary/aromatic N) is 1. The van der Waals surface area contributed by atoms with E-state index in [2.05, 4.69) is 0 Å². The lowest BCUT2D eigenvalue weighted by Crippen LogP contribution is -2.52. The number of methoxy groups -OCH3 is 3. The molecule has 8 heteroatoms. The first-order chi connectivity index (χ1) is 19.2. The molecule has 4 aromatic rings. The summed E-state index contributed by atoms with van der Waals surface area (Å²) in [5.41, 5.74) is 4.26. The minimum absolute atomic E-state index is 0.117. The van der Waals surface area contributed by atoms with Crippen molar-refractivity contribution in [3.05, 3.63) is 101 Å². The quantitative estimate of drug-likeness (QED) is 0.346. The van der Waals surface area contributed by atoms with Gasteiger partial charge in [-0.05, 0) is 59.5 Å². The summed E-state index contributed by atoms with van der Waals surface area (Å²) < 4.78 is 46.6. The number of hydrogen-bond donors (Lipinski definition) is 1. The molecule has 0 spiro atoms. The Labute approximate surface area is 234 Å². The number of sulfonamides is 1. The van der Waals surface area contributed by atoms with Crippen LogP contribution >= 0.6 is 0 Å². The van der Waals surface area contributed by atoms with Gasteiger partial charge in [0.15, 0.2) is 11.5 Å². The maximum absolute atomic E-state index is 14.2. The molecule has 0 bridgehead atoms. The van der Waals surface area contributed by atoms with Crippen LogP contribution in [0.2, 0.25) is 0 Å². The van der Waals surface area contributed by atoms with E-state index in [1.165, 1.54) is 4.31 Å². The molecule has 206 valence electrons. The average Bonchev–Trinajstić information content (AvgIpc) is 3.27. The zero-order chi connectivity index (χ0) is 28.2. The molecular formula is C32H31NO6S. The first-order valence-corrected chi connectivity index (χ1v) is 14.5. The van der Waals surface area contributed by atoms with Crippen molar-refractivity contribution in [3.8, 4) is 28.4 Å². The zero-order valence-electron chi connectivity index (χ0n) is 22.8. The lowest BCUT2D eigenvalue weighted by Gasteiger charge is -2.43. The fourth-order valence-corrected chi connectivity index (χ4v) is 7.66. The van der Waals surface area contributed by atoms with Crippen LogP contribution in [0.5, 0.6) is 17.2 Å². The average molecular weight is 558 g/mol. The Kier molecular flexibility index (Phi) is 6.27. The number of β-amino-alcohol motifs (C(OH)–C–C–N with tert-alkyl or cyclic N) is 1. The summed E-state index contributed by atoms with van der Waals surface area (Å²) in [5.74, 6) is 1.17. The third-order valence-electron chi connectivity index (χ3n) is 8.03. The lowest BCUT2D eigenvalue weighted by atomic mass is 9.77.